The van der Waals surface area contributed by atoms with Gasteiger partial charge in [0.05, 0.1) is 5.56 Å². The molecule has 0 aliphatic rings. The lowest BCUT2D eigenvalue weighted by Gasteiger charge is -2.05. The zero-order valence-corrected chi connectivity index (χ0v) is 9.87. The molecular formula is C13H11N3O3. The molecular weight excluding hydrogens is 246 g/mol. The largest absolute Gasteiger partial charge is 0.439 e. The maximum Gasteiger partial charge on any atom is 0.250 e. The third-order valence-electron chi connectivity index (χ3n) is 2.38. The van der Waals surface area contributed by atoms with Crippen LogP contribution in [0.25, 0.3) is 0 Å². The standard InChI is InChI=1S/C13H11N3O3/c14-12(17)8-1-4-10(5-2-8)19-11-6-3-9(7-16-11)13(15)18/h1-7H,(H2,14,17)(H2,15,18). The maximum atomic E-state index is 10.9. The van der Waals surface area contributed by atoms with Crippen LogP contribution in [-0.2, 0) is 0 Å². The van der Waals surface area contributed by atoms with Crippen LogP contribution in [0.2, 0.25) is 0 Å². The Morgan fingerprint density at radius 1 is 0.895 bits per heavy atom. The quantitative estimate of drug-likeness (QED) is 0.853. The Morgan fingerprint density at radius 2 is 1.47 bits per heavy atom. The predicted octanol–water partition coefficient (Wildman–Crippen LogP) is 1.07. The lowest BCUT2D eigenvalue weighted by atomic mass is 10.2. The average Bonchev–Trinajstić information content (AvgIpc) is 2.40. The van der Waals surface area contributed by atoms with Gasteiger partial charge in [0.25, 0.3) is 0 Å². The van der Waals surface area contributed by atoms with Gasteiger partial charge in [0, 0.05) is 17.8 Å². The molecule has 96 valence electrons. The lowest BCUT2D eigenvalue weighted by molar-refractivity contribution is 0.0991. The van der Waals surface area contributed by atoms with E-state index in [1.807, 2.05) is 0 Å². The van der Waals surface area contributed by atoms with Crippen molar-refractivity contribution < 1.29 is 14.3 Å². The van der Waals surface area contributed by atoms with Crippen molar-refractivity contribution in [3.8, 4) is 11.6 Å². The van der Waals surface area contributed by atoms with Gasteiger partial charge in [0.2, 0.25) is 17.7 Å². The van der Waals surface area contributed by atoms with Crippen molar-refractivity contribution in [1.29, 1.82) is 0 Å². The smallest absolute Gasteiger partial charge is 0.250 e. The van der Waals surface area contributed by atoms with Crippen molar-refractivity contribution in [2.24, 2.45) is 11.5 Å². The Balaban J connectivity index is 2.12. The average molecular weight is 257 g/mol. The third kappa shape index (κ3) is 3.06. The topological polar surface area (TPSA) is 108 Å². The number of benzene rings is 1. The van der Waals surface area contributed by atoms with Gasteiger partial charge in [-0.1, -0.05) is 0 Å². The van der Waals surface area contributed by atoms with Crippen molar-refractivity contribution in [2.45, 2.75) is 0 Å². The van der Waals surface area contributed by atoms with Gasteiger partial charge in [-0.3, -0.25) is 9.59 Å². The van der Waals surface area contributed by atoms with Crippen molar-refractivity contribution in [1.82, 2.24) is 4.98 Å². The van der Waals surface area contributed by atoms with E-state index in [1.165, 1.54) is 18.3 Å². The molecule has 19 heavy (non-hydrogen) atoms. The number of hydrogen-bond acceptors (Lipinski definition) is 4. The van der Waals surface area contributed by atoms with Gasteiger partial charge in [0.15, 0.2) is 0 Å². The van der Waals surface area contributed by atoms with Crippen LogP contribution in [0.15, 0.2) is 42.6 Å². The summed E-state index contributed by atoms with van der Waals surface area (Å²) in [7, 11) is 0. The van der Waals surface area contributed by atoms with Gasteiger partial charge in [-0.15, -0.1) is 0 Å². The molecule has 0 bridgehead atoms. The number of aromatic nitrogens is 1. The van der Waals surface area contributed by atoms with Gasteiger partial charge in [0.1, 0.15) is 5.75 Å². The zero-order chi connectivity index (χ0) is 13.8. The van der Waals surface area contributed by atoms with E-state index >= 15 is 0 Å². The first kappa shape index (κ1) is 12.6. The molecule has 0 fully saturated rings. The highest BCUT2D eigenvalue weighted by atomic mass is 16.5. The first-order valence-electron chi connectivity index (χ1n) is 5.40. The third-order valence-corrected chi connectivity index (χ3v) is 2.38. The molecule has 0 aliphatic carbocycles. The second-order valence-electron chi connectivity index (χ2n) is 3.74. The number of carbonyl (C=O) groups excluding carboxylic acids is 2. The molecule has 0 saturated heterocycles. The summed E-state index contributed by atoms with van der Waals surface area (Å²) in [6.45, 7) is 0. The number of primary amides is 2. The van der Waals surface area contributed by atoms with Gasteiger partial charge < -0.3 is 16.2 Å². The highest BCUT2D eigenvalue weighted by molar-refractivity contribution is 5.93. The normalized spacial score (nSPS) is 9.89. The fraction of sp³-hybridized carbons (Fsp3) is 0. The summed E-state index contributed by atoms with van der Waals surface area (Å²) in [6.07, 6.45) is 1.33. The van der Waals surface area contributed by atoms with E-state index in [-0.39, 0.29) is 0 Å². The molecule has 0 spiro atoms. The van der Waals surface area contributed by atoms with E-state index in [9.17, 15) is 9.59 Å². The van der Waals surface area contributed by atoms with Gasteiger partial charge in [-0.2, -0.15) is 0 Å². The number of ether oxygens (including phenoxy) is 1. The van der Waals surface area contributed by atoms with Crippen LogP contribution in [0.5, 0.6) is 11.6 Å². The fourth-order valence-electron chi connectivity index (χ4n) is 1.39. The number of rotatable bonds is 4. The molecule has 1 aromatic heterocycles. The molecule has 0 atom stereocenters. The highest BCUT2D eigenvalue weighted by Gasteiger charge is 2.04. The van der Waals surface area contributed by atoms with E-state index < -0.39 is 11.8 Å². The van der Waals surface area contributed by atoms with Gasteiger partial charge in [-0.25, -0.2) is 4.98 Å². The van der Waals surface area contributed by atoms with Crippen LogP contribution < -0.4 is 16.2 Å². The lowest BCUT2D eigenvalue weighted by Crippen LogP contribution is -2.11. The van der Waals surface area contributed by atoms with Crippen molar-refractivity contribution >= 4 is 11.8 Å². The summed E-state index contributed by atoms with van der Waals surface area (Å²) in [5, 5.41) is 0. The summed E-state index contributed by atoms with van der Waals surface area (Å²) in [5.74, 6) is -0.235. The molecule has 1 aromatic carbocycles. The minimum Gasteiger partial charge on any atom is -0.439 e. The number of nitrogens with two attached hydrogens (primary N) is 2. The van der Waals surface area contributed by atoms with Gasteiger partial charge >= 0.3 is 0 Å². The molecule has 2 aromatic rings. The minimum atomic E-state index is -0.551. The zero-order valence-electron chi connectivity index (χ0n) is 9.87. The van der Waals surface area contributed by atoms with E-state index in [2.05, 4.69) is 4.98 Å². The maximum absolute atomic E-state index is 10.9. The highest BCUT2D eigenvalue weighted by Crippen LogP contribution is 2.19. The summed E-state index contributed by atoms with van der Waals surface area (Å²) < 4.78 is 5.43. The molecule has 0 radical (unpaired) electrons. The number of pyridine rings is 1. The molecule has 4 N–H and O–H groups in total. The van der Waals surface area contributed by atoms with E-state index in [4.69, 9.17) is 16.2 Å². The number of carbonyl (C=O) groups is 2. The Kier molecular flexibility index (Phi) is 3.42. The second kappa shape index (κ2) is 5.18. The van der Waals surface area contributed by atoms with E-state index in [1.54, 1.807) is 24.3 Å². The first-order valence-corrected chi connectivity index (χ1v) is 5.40. The van der Waals surface area contributed by atoms with Crippen LogP contribution in [-0.4, -0.2) is 16.8 Å². The Morgan fingerprint density at radius 3 is 1.95 bits per heavy atom. The Labute approximate surface area is 109 Å². The minimum absolute atomic E-state index is 0.302. The van der Waals surface area contributed by atoms with Crippen molar-refractivity contribution in [3.63, 3.8) is 0 Å². The molecule has 2 amide bonds. The Hall–Kier alpha value is -2.89. The summed E-state index contributed by atoms with van der Waals surface area (Å²) in [6, 6.07) is 9.35. The fourth-order valence-corrected chi connectivity index (χ4v) is 1.39. The number of hydrogen-bond donors (Lipinski definition) is 2. The van der Waals surface area contributed by atoms with Gasteiger partial charge in [-0.05, 0) is 30.3 Å². The molecule has 0 aliphatic heterocycles. The first-order chi connectivity index (χ1) is 9.06. The molecule has 2 rings (SSSR count). The number of amides is 2. The van der Waals surface area contributed by atoms with Crippen LogP contribution in [0.4, 0.5) is 0 Å². The van der Waals surface area contributed by atoms with Crippen LogP contribution in [0, 0.1) is 0 Å². The van der Waals surface area contributed by atoms with E-state index in [0.29, 0.717) is 22.8 Å². The van der Waals surface area contributed by atoms with Crippen LogP contribution >= 0.6 is 0 Å². The second-order valence-corrected chi connectivity index (χ2v) is 3.74. The summed E-state index contributed by atoms with van der Waals surface area (Å²) >= 11 is 0. The van der Waals surface area contributed by atoms with Crippen LogP contribution in [0.3, 0.4) is 0 Å². The van der Waals surface area contributed by atoms with E-state index in [0.717, 1.165) is 0 Å². The monoisotopic (exact) mass is 257 g/mol. The molecule has 0 unspecified atom stereocenters. The SMILES string of the molecule is NC(=O)c1ccc(Oc2ccc(C(N)=O)cn2)cc1. The summed E-state index contributed by atoms with van der Waals surface area (Å²) in [4.78, 5) is 25.7. The summed E-state index contributed by atoms with van der Waals surface area (Å²) in [5.41, 5.74) is 10.9. The molecule has 6 nitrogen and oxygen atoms in total. The van der Waals surface area contributed by atoms with Crippen molar-refractivity contribution in [2.75, 3.05) is 0 Å². The van der Waals surface area contributed by atoms with Crippen molar-refractivity contribution in [3.05, 3.63) is 53.7 Å². The number of nitrogens with zero attached hydrogens (tertiary/aromatic N) is 1. The predicted molar refractivity (Wildman–Crippen MR) is 67.8 cm³/mol. The Bertz CT molecular complexity index is 551. The molecule has 0 saturated carbocycles. The van der Waals surface area contributed by atoms with Crippen LogP contribution in [0.1, 0.15) is 20.7 Å². The molecule has 6 heteroatoms. The molecule has 1 heterocycles.